The van der Waals surface area contributed by atoms with Gasteiger partial charge in [-0.15, -0.1) is 0 Å². The second-order valence-corrected chi connectivity index (χ2v) is 5.60. The summed E-state index contributed by atoms with van der Waals surface area (Å²) in [6.45, 7) is 7.20. The minimum Gasteiger partial charge on any atom is -0.487 e. The van der Waals surface area contributed by atoms with Gasteiger partial charge in [0.05, 0.1) is 6.61 Å². The van der Waals surface area contributed by atoms with Crippen molar-refractivity contribution in [3.63, 3.8) is 0 Å². The first-order valence-electron chi connectivity index (χ1n) is 6.28. The smallest absolute Gasteiger partial charge is 0.197 e. The Morgan fingerprint density at radius 2 is 2.24 bits per heavy atom. The van der Waals surface area contributed by atoms with Crippen molar-refractivity contribution in [3.05, 3.63) is 0 Å². The van der Waals surface area contributed by atoms with Gasteiger partial charge in [-0.3, -0.25) is 0 Å². The molecule has 4 nitrogen and oxygen atoms in total. The van der Waals surface area contributed by atoms with Crippen molar-refractivity contribution in [1.29, 1.82) is 0 Å². The number of aromatic nitrogens is 1. The van der Waals surface area contributed by atoms with Crippen LogP contribution in [0.4, 0.5) is 10.8 Å². The molecule has 5 heteroatoms. The lowest BCUT2D eigenvalue weighted by molar-refractivity contribution is 0.343. The van der Waals surface area contributed by atoms with E-state index in [0.717, 1.165) is 16.7 Å². The molecule has 0 saturated heterocycles. The maximum atomic E-state index is 5.80. The van der Waals surface area contributed by atoms with Crippen LogP contribution in [-0.2, 0) is 0 Å². The Labute approximate surface area is 107 Å². The van der Waals surface area contributed by atoms with E-state index in [4.69, 9.17) is 10.5 Å². The van der Waals surface area contributed by atoms with Crippen LogP contribution in [0, 0.1) is 11.8 Å². The molecule has 0 bridgehead atoms. The highest BCUT2D eigenvalue weighted by Crippen LogP contribution is 2.39. The molecule has 2 rings (SSSR count). The third kappa shape index (κ3) is 2.49. The van der Waals surface area contributed by atoms with Gasteiger partial charge in [0, 0.05) is 6.04 Å². The molecule has 1 aliphatic carbocycles. The summed E-state index contributed by atoms with van der Waals surface area (Å²) in [5.41, 5.74) is 5.80. The lowest BCUT2D eigenvalue weighted by Crippen LogP contribution is -2.23. The molecule has 0 spiro atoms. The number of ether oxygens (including phenoxy) is 1. The fourth-order valence-electron chi connectivity index (χ4n) is 2.41. The molecule has 1 aromatic heterocycles. The molecule has 0 radical (unpaired) electrons. The van der Waals surface area contributed by atoms with Gasteiger partial charge in [-0.25, -0.2) is 0 Å². The van der Waals surface area contributed by atoms with Gasteiger partial charge in [0.15, 0.2) is 16.6 Å². The molecule has 0 amide bonds. The SMILES string of the molecule is CCOc1c(N)nsc1NC1CCC(C)C1C. The van der Waals surface area contributed by atoms with Gasteiger partial charge in [0.25, 0.3) is 0 Å². The van der Waals surface area contributed by atoms with E-state index in [0.29, 0.717) is 24.4 Å². The lowest BCUT2D eigenvalue weighted by atomic mass is 9.98. The molecular formula is C12H21N3OS. The molecule has 3 N–H and O–H groups in total. The summed E-state index contributed by atoms with van der Waals surface area (Å²) in [5.74, 6) is 2.70. The van der Waals surface area contributed by atoms with Crippen LogP contribution in [0.1, 0.15) is 33.6 Å². The van der Waals surface area contributed by atoms with Gasteiger partial charge < -0.3 is 15.8 Å². The van der Waals surface area contributed by atoms with E-state index in [1.807, 2.05) is 6.92 Å². The highest BCUT2D eigenvalue weighted by Gasteiger charge is 2.30. The summed E-state index contributed by atoms with van der Waals surface area (Å²) >= 11 is 1.40. The van der Waals surface area contributed by atoms with E-state index in [1.165, 1.54) is 24.4 Å². The number of nitrogens with one attached hydrogen (secondary N) is 1. The van der Waals surface area contributed by atoms with Crippen LogP contribution in [0.25, 0.3) is 0 Å². The van der Waals surface area contributed by atoms with Gasteiger partial charge in [0.1, 0.15) is 0 Å². The number of nitrogens with two attached hydrogens (primary N) is 1. The van der Waals surface area contributed by atoms with E-state index in [2.05, 4.69) is 23.5 Å². The summed E-state index contributed by atoms with van der Waals surface area (Å²) in [6.07, 6.45) is 2.50. The monoisotopic (exact) mass is 255 g/mol. The zero-order valence-corrected chi connectivity index (χ0v) is 11.5. The Hall–Kier alpha value is -0.970. The first-order valence-corrected chi connectivity index (χ1v) is 7.05. The van der Waals surface area contributed by atoms with Gasteiger partial charge in [-0.1, -0.05) is 13.8 Å². The van der Waals surface area contributed by atoms with Crippen LogP contribution in [-0.4, -0.2) is 17.0 Å². The number of nitrogen functional groups attached to an aromatic ring is 1. The topological polar surface area (TPSA) is 60.2 Å². The molecule has 1 heterocycles. The number of hydrogen-bond donors (Lipinski definition) is 2. The van der Waals surface area contributed by atoms with E-state index >= 15 is 0 Å². The van der Waals surface area contributed by atoms with Crippen LogP contribution in [0.3, 0.4) is 0 Å². The van der Waals surface area contributed by atoms with Crippen molar-refractivity contribution >= 4 is 22.4 Å². The van der Waals surface area contributed by atoms with Gasteiger partial charge in [-0.2, -0.15) is 4.37 Å². The number of rotatable bonds is 4. The summed E-state index contributed by atoms with van der Waals surface area (Å²) in [6, 6.07) is 0.518. The molecule has 3 unspecified atom stereocenters. The minimum atomic E-state index is 0.498. The van der Waals surface area contributed by atoms with E-state index in [1.54, 1.807) is 0 Å². The Balaban J connectivity index is 2.08. The molecule has 17 heavy (non-hydrogen) atoms. The second-order valence-electron chi connectivity index (χ2n) is 4.82. The zero-order chi connectivity index (χ0) is 12.4. The Bertz CT molecular complexity index is 380. The predicted octanol–water partition coefficient (Wildman–Crippen LogP) is 2.97. The maximum absolute atomic E-state index is 5.80. The molecule has 1 aromatic rings. The van der Waals surface area contributed by atoms with Crippen LogP contribution in [0.5, 0.6) is 5.75 Å². The highest BCUT2D eigenvalue weighted by atomic mass is 32.1. The molecule has 1 aliphatic rings. The average molecular weight is 255 g/mol. The third-order valence-corrected chi connectivity index (χ3v) is 4.52. The fourth-order valence-corrected chi connectivity index (χ4v) is 3.13. The lowest BCUT2D eigenvalue weighted by Gasteiger charge is -2.20. The van der Waals surface area contributed by atoms with Crippen molar-refractivity contribution < 1.29 is 4.74 Å². The maximum Gasteiger partial charge on any atom is 0.197 e. The average Bonchev–Trinajstić information content (AvgIpc) is 2.80. The number of nitrogens with zero attached hydrogens (tertiary/aromatic N) is 1. The van der Waals surface area contributed by atoms with Crippen LogP contribution in [0.2, 0.25) is 0 Å². The van der Waals surface area contributed by atoms with Gasteiger partial charge in [0.2, 0.25) is 0 Å². The predicted molar refractivity (Wildman–Crippen MR) is 72.7 cm³/mol. The van der Waals surface area contributed by atoms with E-state index in [9.17, 15) is 0 Å². The Morgan fingerprint density at radius 1 is 1.47 bits per heavy atom. The van der Waals surface area contributed by atoms with Crippen molar-refractivity contribution in [1.82, 2.24) is 4.37 Å². The fraction of sp³-hybridized carbons (Fsp3) is 0.750. The molecular weight excluding hydrogens is 234 g/mol. The largest absolute Gasteiger partial charge is 0.487 e. The highest BCUT2D eigenvalue weighted by molar-refractivity contribution is 7.11. The second kappa shape index (κ2) is 5.12. The van der Waals surface area contributed by atoms with Crippen molar-refractivity contribution in [3.8, 4) is 5.75 Å². The van der Waals surface area contributed by atoms with Gasteiger partial charge in [-0.05, 0) is 43.1 Å². The standard InChI is InChI=1S/C12H21N3OS/c1-4-16-10-11(13)15-17-12(10)14-9-6-5-7(2)8(9)3/h7-9,14H,4-6H2,1-3H3,(H2,13,15). The molecule has 1 saturated carbocycles. The quantitative estimate of drug-likeness (QED) is 0.868. The number of anilines is 2. The summed E-state index contributed by atoms with van der Waals surface area (Å²) < 4.78 is 9.69. The van der Waals surface area contributed by atoms with E-state index in [-0.39, 0.29) is 0 Å². The van der Waals surface area contributed by atoms with Crippen molar-refractivity contribution in [2.24, 2.45) is 11.8 Å². The normalized spacial score (nSPS) is 28.3. The summed E-state index contributed by atoms with van der Waals surface area (Å²) in [5, 5.41) is 4.53. The number of hydrogen-bond acceptors (Lipinski definition) is 5. The molecule has 1 fully saturated rings. The van der Waals surface area contributed by atoms with Crippen molar-refractivity contribution in [2.75, 3.05) is 17.7 Å². The van der Waals surface area contributed by atoms with Crippen LogP contribution < -0.4 is 15.8 Å². The third-order valence-electron chi connectivity index (χ3n) is 3.74. The van der Waals surface area contributed by atoms with Crippen LogP contribution >= 0.6 is 11.5 Å². The minimum absolute atomic E-state index is 0.498. The first kappa shape index (κ1) is 12.5. The first-order chi connectivity index (χ1) is 8.13. The molecule has 0 aliphatic heterocycles. The van der Waals surface area contributed by atoms with E-state index < -0.39 is 0 Å². The van der Waals surface area contributed by atoms with Gasteiger partial charge >= 0.3 is 0 Å². The molecule has 96 valence electrons. The zero-order valence-electron chi connectivity index (χ0n) is 10.7. The Kier molecular flexibility index (Phi) is 3.76. The molecule has 3 atom stereocenters. The van der Waals surface area contributed by atoms with Crippen LogP contribution in [0.15, 0.2) is 0 Å². The summed E-state index contributed by atoms with van der Waals surface area (Å²) in [7, 11) is 0. The summed E-state index contributed by atoms with van der Waals surface area (Å²) in [4.78, 5) is 0. The molecule has 0 aromatic carbocycles. The van der Waals surface area contributed by atoms with Crippen molar-refractivity contribution in [2.45, 2.75) is 39.7 Å². The Morgan fingerprint density at radius 3 is 2.82 bits per heavy atom.